The third-order valence-corrected chi connectivity index (χ3v) is 4.84. The number of nitrogens with zero attached hydrogens (tertiary/aromatic N) is 3. The van der Waals surface area contributed by atoms with Gasteiger partial charge in [-0.25, -0.2) is 9.78 Å². The largest absolute Gasteiger partial charge is 0.477 e. The molecular formula is C16H19N3O2S. The molecule has 2 aromatic heterocycles. The Morgan fingerprint density at radius 3 is 2.68 bits per heavy atom. The Kier molecular flexibility index (Phi) is 4.70. The molecule has 5 nitrogen and oxygen atoms in total. The van der Waals surface area contributed by atoms with Gasteiger partial charge in [0.15, 0.2) is 5.69 Å². The second-order valence-corrected chi connectivity index (χ2v) is 6.38. The Morgan fingerprint density at radius 2 is 2.00 bits per heavy atom. The Labute approximate surface area is 133 Å². The minimum Gasteiger partial charge on any atom is -0.477 e. The Bertz CT molecular complexity index is 622. The number of carboxylic acids is 1. The van der Waals surface area contributed by atoms with Gasteiger partial charge in [0.1, 0.15) is 5.82 Å². The molecule has 0 atom stereocenters. The number of rotatable bonds is 5. The third kappa shape index (κ3) is 3.64. The van der Waals surface area contributed by atoms with E-state index in [9.17, 15) is 4.79 Å². The summed E-state index contributed by atoms with van der Waals surface area (Å²) >= 11 is 1.81. The molecule has 0 spiro atoms. The normalized spacial score (nSPS) is 15.9. The molecule has 1 saturated heterocycles. The summed E-state index contributed by atoms with van der Waals surface area (Å²) < 4.78 is 0. The Morgan fingerprint density at radius 1 is 1.18 bits per heavy atom. The Balaban J connectivity index is 1.53. The van der Waals surface area contributed by atoms with Gasteiger partial charge in [-0.2, -0.15) is 0 Å². The summed E-state index contributed by atoms with van der Waals surface area (Å²) in [5.41, 5.74) is 0.109. The maximum atomic E-state index is 11.0. The summed E-state index contributed by atoms with van der Waals surface area (Å²) in [4.78, 5) is 21.3. The van der Waals surface area contributed by atoms with Gasteiger partial charge in [0.2, 0.25) is 0 Å². The minimum atomic E-state index is -0.976. The fourth-order valence-electron chi connectivity index (χ4n) is 2.64. The van der Waals surface area contributed by atoms with Crippen LogP contribution < -0.4 is 4.90 Å². The van der Waals surface area contributed by atoms with Gasteiger partial charge < -0.3 is 10.0 Å². The lowest BCUT2D eigenvalue weighted by atomic mass is 10.2. The van der Waals surface area contributed by atoms with Gasteiger partial charge in [-0.3, -0.25) is 4.90 Å². The number of aromatic nitrogens is 1. The first-order valence-corrected chi connectivity index (χ1v) is 8.30. The van der Waals surface area contributed by atoms with Crippen molar-refractivity contribution in [2.24, 2.45) is 0 Å². The number of hydrogen-bond donors (Lipinski definition) is 1. The molecule has 1 N–H and O–H groups in total. The van der Waals surface area contributed by atoms with Gasteiger partial charge in [-0.15, -0.1) is 11.3 Å². The van der Waals surface area contributed by atoms with Crippen molar-refractivity contribution in [3.05, 3.63) is 46.3 Å². The summed E-state index contributed by atoms with van der Waals surface area (Å²) in [5.74, 6) is -0.214. The van der Waals surface area contributed by atoms with Crippen LogP contribution in [0.2, 0.25) is 0 Å². The molecular weight excluding hydrogens is 298 g/mol. The maximum Gasteiger partial charge on any atom is 0.354 e. The highest BCUT2D eigenvalue weighted by Crippen LogP contribution is 2.15. The molecule has 3 rings (SSSR count). The van der Waals surface area contributed by atoms with Crippen molar-refractivity contribution in [3.8, 4) is 0 Å². The topological polar surface area (TPSA) is 56.7 Å². The van der Waals surface area contributed by atoms with Crippen LogP contribution in [0.4, 0.5) is 5.82 Å². The SMILES string of the molecule is O=C(O)c1cccc(N2CCN(CCc3cccs3)CC2)n1. The average molecular weight is 317 g/mol. The van der Waals surface area contributed by atoms with Crippen LogP contribution >= 0.6 is 11.3 Å². The number of anilines is 1. The lowest BCUT2D eigenvalue weighted by molar-refractivity contribution is 0.0690. The molecule has 0 unspecified atom stereocenters. The van der Waals surface area contributed by atoms with Crippen molar-refractivity contribution in [3.63, 3.8) is 0 Å². The molecule has 116 valence electrons. The summed E-state index contributed by atoms with van der Waals surface area (Å²) in [6, 6.07) is 9.45. The number of carboxylic acid groups (broad SMARTS) is 1. The summed E-state index contributed by atoms with van der Waals surface area (Å²) in [6.07, 6.45) is 1.10. The summed E-state index contributed by atoms with van der Waals surface area (Å²) in [6.45, 7) is 4.84. The molecule has 0 aliphatic carbocycles. The van der Waals surface area contributed by atoms with Gasteiger partial charge in [0.05, 0.1) is 0 Å². The van der Waals surface area contributed by atoms with E-state index in [1.54, 1.807) is 6.07 Å². The third-order valence-electron chi connectivity index (χ3n) is 3.90. The van der Waals surface area contributed by atoms with Crippen LogP contribution in [0.1, 0.15) is 15.4 Å². The van der Waals surface area contributed by atoms with Crippen molar-refractivity contribution in [2.75, 3.05) is 37.6 Å². The quantitative estimate of drug-likeness (QED) is 0.916. The van der Waals surface area contributed by atoms with Crippen molar-refractivity contribution in [1.82, 2.24) is 9.88 Å². The molecule has 22 heavy (non-hydrogen) atoms. The van der Waals surface area contributed by atoms with Crippen LogP contribution in [0.15, 0.2) is 35.7 Å². The highest BCUT2D eigenvalue weighted by molar-refractivity contribution is 7.09. The standard InChI is InChI=1S/C16H19N3O2S/c20-16(21)14-4-1-5-15(17-14)19-10-8-18(9-11-19)7-6-13-3-2-12-22-13/h1-5,12H,6-11H2,(H,20,21). The van der Waals surface area contributed by atoms with Crippen LogP contribution in [-0.2, 0) is 6.42 Å². The predicted octanol–water partition coefficient (Wildman–Crippen LogP) is 2.21. The fourth-order valence-corrected chi connectivity index (χ4v) is 3.34. The smallest absolute Gasteiger partial charge is 0.354 e. The molecule has 2 aromatic rings. The lowest BCUT2D eigenvalue weighted by Gasteiger charge is -2.35. The van der Waals surface area contributed by atoms with Crippen LogP contribution in [0.3, 0.4) is 0 Å². The van der Waals surface area contributed by atoms with E-state index in [1.807, 2.05) is 17.4 Å². The van der Waals surface area contributed by atoms with Crippen molar-refractivity contribution >= 4 is 23.1 Å². The molecule has 0 amide bonds. The first-order valence-electron chi connectivity index (χ1n) is 7.42. The number of carbonyl (C=O) groups is 1. The van der Waals surface area contributed by atoms with Gasteiger partial charge in [0, 0.05) is 37.6 Å². The molecule has 6 heteroatoms. The number of hydrogen-bond acceptors (Lipinski definition) is 5. The molecule has 0 aromatic carbocycles. The second kappa shape index (κ2) is 6.89. The van der Waals surface area contributed by atoms with Crippen LogP contribution in [0.25, 0.3) is 0 Å². The average Bonchev–Trinajstić information content (AvgIpc) is 3.07. The second-order valence-electron chi connectivity index (χ2n) is 5.34. The van der Waals surface area contributed by atoms with Gasteiger partial charge in [-0.05, 0) is 30.0 Å². The maximum absolute atomic E-state index is 11.0. The van der Waals surface area contributed by atoms with E-state index in [2.05, 4.69) is 32.3 Å². The molecule has 0 radical (unpaired) electrons. The van der Waals surface area contributed by atoms with Gasteiger partial charge >= 0.3 is 5.97 Å². The Hall–Kier alpha value is -1.92. The van der Waals surface area contributed by atoms with E-state index in [0.29, 0.717) is 0 Å². The highest BCUT2D eigenvalue weighted by atomic mass is 32.1. The predicted molar refractivity (Wildman–Crippen MR) is 87.9 cm³/mol. The molecule has 1 aliphatic rings. The zero-order valence-electron chi connectivity index (χ0n) is 12.3. The lowest BCUT2D eigenvalue weighted by Crippen LogP contribution is -2.47. The first kappa shape index (κ1) is 15.0. The van der Waals surface area contributed by atoms with Crippen LogP contribution in [0.5, 0.6) is 0 Å². The van der Waals surface area contributed by atoms with Gasteiger partial charge in [0.25, 0.3) is 0 Å². The molecule has 3 heterocycles. The fraction of sp³-hybridized carbons (Fsp3) is 0.375. The van der Waals surface area contributed by atoms with E-state index in [0.717, 1.165) is 45.0 Å². The summed E-state index contributed by atoms with van der Waals surface area (Å²) in [5, 5.41) is 11.1. The van der Waals surface area contributed by atoms with Crippen LogP contribution in [-0.4, -0.2) is 53.7 Å². The van der Waals surface area contributed by atoms with E-state index in [4.69, 9.17) is 5.11 Å². The van der Waals surface area contributed by atoms with Gasteiger partial charge in [-0.1, -0.05) is 12.1 Å². The molecule has 0 bridgehead atoms. The zero-order chi connectivity index (χ0) is 15.4. The summed E-state index contributed by atoms with van der Waals surface area (Å²) in [7, 11) is 0. The number of pyridine rings is 1. The van der Waals surface area contributed by atoms with Crippen molar-refractivity contribution < 1.29 is 9.90 Å². The number of piperazine rings is 1. The van der Waals surface area contributed by atoms with Crippen LogP contribution in [0, 0.1) is 0 Å². The van der Waals surface area contributed by atoms with E-state index in [-0.39, 0.29) is 5.69 Å². The molecule has 0 saturated carbocycles. The highest BCUT2D eigenvalue weighted by Gasteiger charge is 2.18. The molecule has 1 fully saturated rings. The van der Waals surface area contributed by atoms with Crippen molar-refractivity contribution in [1.29, 1.82) is 0 Å². The minimum absolute atomic E-state index is 0.109. The first-order chi connectivity index (χ1) is 10.7. The number of aromatic carboxylic acids is 1. The van der Waals surface area contributed by atoms with Crippen molar-refractivity contribution in [2.45, 2.75) is 6.42 Å². The van der Waals surface area contributed by atoms with E-state index >= 15 is 0 Å². The van der Waals surface area contributed by atoms with E-state index in [1.165, 1.54) is 10.9 Å². The monoisotopic (exact) mass is 317 g/mol. The van der Waals surface area contributed by atoms with E-state index < -0.39 is 5.97 Å². The zero-order valence-corrected chi connectivity index (χ0v) is 13.1. The molecule has 1 aliphatic heterocycles. The number of thiophene rings is 1.